The normalized spacial score (nSPS) is 16.4. The van der Waals surface area contributed by atoms with Crippen LogP contribution in [0, 0.1) is 0 Å². The molecule has 1 aliphatic rings. The maximum atomic E-state index is 12.9. The Balaban J connectivity index is 1.93. The van der Waals surface area contributed by atoms with Crippen molar-refractivity contribution in [3.63, 3.8) is 0 Å². The molecule has 7 nitrogen and oxygen atoms in total. The van der Waals surface area contributed by atoms with E-state index in [2.05, 4.69) is 5.32 Å². The summed E-state index contributed by atoms with van der Waals surface area (Å²) in [6.45, 7) is 6.98. The van der Waals surface area contributed by atoms with Gasteiger partial charge in [-0.15, -0.1) is 0 Å². The number of nitrogens with one attached hydrogen (secondary N) is 2. The smallest absolute Gasteiger partial charge is 0.280 e. The Morgan fingerprint density at radius 3 is 2.40 bits per heavy atom. The summed E-state index contributed by atoms with van der Waals surface area (Å²) in [7, 11) is 3.79. The second-order valence-electron chi connectivity index (χ2n) is 8.06. The zero-order chi connectivity index (χ0) is 22.1. The molecule has 168 valence electrons. The number of nitrogens with zero attached hydrogens (tertiary/aromatic N) is 1. The number of carbonyl (C=O) groups is 2. The molecule has 0 saturated heterocycles. The van der Waals surface area contributed by atoms with Gasteiger partial charge in [-0.1, -0.05) is 19.3 Å². The van der Waals surface area contributed by atoms with Crippen molar-refractivity contribution < 1.29 is 24.0 Å². The van der Waals surface area contributed by atoms with Crippen LogP contribution in [0.1, 0.15) is 52.9 Å². The molecule has 0 aliphatic heterocycles. The molecule has 30 heavy (non-hydrogen) atoms. The Kier molecular flexibility index (Phi) is 9.43. The van der Waals surface area contributed by atoms with Gasteiger partial charge in [0.25, 0.3) is 11.8 Å². The molecule has 2 N–H and O–H groups in total. The highest BCUT2D eigenvalue weighted by Gasteiger charge is 2.30. The Morgan fingerprint density at radius 2 is 1.77 bits per heavy atom. The maximum Gasteiger partial charge on any atom is 0.280 e. The molecule has 1 saturated carbocycles. The van der Waals surface area contributed by atoms with Gasteiger partial charge in [-0.25, -0.2) is 0 Å². The van der Waals surface area contributed by atoms with Gasteiger partial charge in [0, 0.05) is 24.8 Å². The van der Waals surface area contributed by atoms with Crippen LogP contribution in [-0.4, -0.2) is 62.7 Å². The van der Waals surface area contributed by atoms with Crippen LogP contribution in [0.5, 0.6) is 11.5 Å². The molecule has 1 aromatic carbocycles. The van der Waals surface area contributed by atoms with Crippen LogP contribution in [0.4, 0.5) is 5.69 Å². The van der Waals surface area contributed by atoms with Crippen molar-refractivity contribution >= 4 is 17.5 Å². The minimum Gasteiger partial charge on any atom is -0.490 e. The molecular weight excluding hydrogens is 382 g/mol. The first-order valence-electron chi connectivity index (χ1n) is 11.2. The second kappa shape index (κ2) is 11.8. The topological polar surface area (TPSA) is 72.3 Å². The second-order valence-corrected chi connectivity index (χ2v) is 8.06. The molecule has 0 radical (unpaired) electrons. The van der Waals surface area contributed by atoms with Crippen molar-refractivity contribution in [3.05, 3.63) is 18.2 Å². The number of carbonyl (C=O) groups excluding carboxylic acids is 2. The lowest BCUT2D eigenvalue weighted by Crippen LogP contribution is -3.15. The zero-order valence-corrected chi connectivity index (χ0v) is 19.1. The lowest BCUT2D eigenvalue weighted by molar-refractivity contribution is -0.886. The highest BCUT2D eigenvalue weighted by molar-refractivity contribution is 5.92. The minimum atomic E-state index is -0.276. The predicted molar refractivity (Wildman–Crippen MR) is 118 cm³/mol. The van der Waals surface area contributed by atoms with E-state index in [0.29, 0.717) is 36.4 Å². The maximum absolute atomic E-state index is 12.9. The fourth-order valence-corrected chi connectivity index (χ4v) is 3.90. The number of hydrogen-bond donors (Lipinski definition) is 2. The summed E-state index contributed by atoms with van der Waals surface area (Å²) in [6, 6.07) is 5.42. The number of rotatable bonds is 10. The van der Waals surface area contributed by atoms with Crippen LogP contribution >= 0.6 is 0 Å². The molecule has 7 heteroatoms. The highest BCUT2D eigenvalue weighted by atomic mass is 16.5. The van der Waals surface area contributed by atoms with Crippen molar-refractivity contribution in [2.45, 2.75) is 65.0 Å². The third-order valence-electron chi connectivity index (χ3n) is 5.85. The van der Waals surface area contributed by atoms with Gasteiger partial charge in [-0.3, -0.25) is 9.59 Å². The van der Waals surface area contributed by atoms with Gasteiger partial charge < -0.3 is 24.6 Å². The first-order chi connectivity index (χ1) is 14.4. The first-order valence-corrected chi connectivity index (χ1v) is 11.2. The number of hydrogen-bond acceptors (Lipinski definition) is 4. The molecule has 0 spiro atoms. The molecule has 0 aromatic heterocycles. The Hall–Kier alpha value is -2.28. The molecule has 2 atom stereocenters. The summed E-state index contributed by atoms with van der Waals surface area (Å²) in [6.07, 6.45) is 5.79. The van der Waals surface area contributed by atoms with E-state index in [1.165, 1.54) is 19.3 Å². The summed E-state index contributed by atoms with van der Waals surface area (Å²) in [5.74, 6) is 1.23. The van der Waals surface area contributed by atoms with E-state index in [1.54, 1.807) is 18.2 Å². The summed E-state index contributed by atoms with van der Waals surface area (Å²) in [4.78, 5) is 28.2. The van der Waals surface area contributed by atoms with Crippen LogP contribution in [0.3, 0.4) is 0 Å². The Bertz CT molecular complexity index is 704. The number of ether oxygens (including phenoxy) is 2. The van der Waals surface area contributed by atoms with Gasteiger partial charge >= 0.3 is 0 Å². The van der Waals surface area contributed by atoms with Crippen LogP contribution in [-0.2, 0) is 9.59 Å². The van der Waals surface area contributed by atoms with Gasteiger partial charge in [-0.05, 0) is 45.7 Å². The lowest BCUT2D eigenvalue weighted by Gasteiger charge is -2.33. The standard InChI is InChI=1S/C23H37N3O4/c1-6-29-20-14-13-18(15-21(20)30-7-2)24-22(27)16-25(4)17(3)23(28)26(5)19-11-9-8-10-12-19/h13-15,17,19H,6-12,16H2,1-5H3,(H,24,27)/p+1/t17-/m0/s1. The van der Waals surface area contributed by atoms with E-state index in [4.69, 9.17) is 9.47 Å². The van der Waals surface area contributed by atoms with Gasteiger partial charge in [0.1, 0.15) is 0 Å². The van der Waals surface area contributed by atoms with Gasteiger partial charge in [-0.2, -0.15) is 0 Å². The Labute approximate surface area is 180 Å². The lowest BCUT2D eigenvalue weighted by atomic mass is 9.94. The molecule has 1 aromatic rings. The van der Waals surface area contributed by atoms with Gasteiger partial charge in [0.15, 0.2) is 24.1 Å². The van der Waals surface area contributed by atoms with Crippen molar-refractivity contribution in [2.75, 3.05) is 39.2 Å². The van der Waals surface area contributed by atoms with Crippen molar-refractivity contribution in [3.8, 4) is 11.5 Å². The monoisotopic (exact) mass is 420 g/mol. The first kappa shape index (κ1) is 24.0. The molecule has 2 rings (SSSR count). The van der Waals surface area contributed by atoms with E-state index in [1.807, 2.05) is 39.8 Å². The molecule has 1 aliphatic carbocycles. The number of quaternary nitrogens is 1. The van der Waals surface area contributed by atoms with Crippen molar-refractivity contribution in [1.82, 2.24) is 4.90 Å². The molecule has 0 bridgehead atoms. The average molecular weight is 421 g/mol. The van der Waals surface area contributed by atoms with Crippen LogP contribution in [0.2, 0.25) is 0 Å². The van der Waals surface area contributed by atoms with Crippen molar-refractivity contribution in [2.24, 2.45) is 0 Å². The number of benzene rings is 1. The summed E-state index contributed by atoms with van der Waals surface area (Å²) >= 11 is 0. The van der Waals surface area contributed by atoms with Crippen molar-refractivity contribution in [1.29, 1.82) is 0 Å². The minimum absolute atomic E-state index is 0.104. The van der Waals surface area contributed by atoms with E-state index >= 15 is 0 Å². The van der Waals surface area contributed by atoms with Crippen LogP contribution in [0.25, 0.3) is 0 Å². The summed E-state index contributed by atoms with van der Waals surface area (Å²) in [5, 5.41) is 2.91. The molecule has 0 heterocycles. The van der Waals surface area contributed by atoms with Crippen LogP contribution < -0.4 is 19.7 Å². The zero-order valence-electron chi connectivity index (χ0n) is 19.1. The van der Waals surface area contributed by atoms with Crippen LogP contribution in [0.15, 0.2) is 18.2 Å². The molecule has 1 unspecified atom stereocenters. The number of likely N-dealkylation sites (N-methyl/N-ethyl adjacent to an activating group) is 2. The van der Waals surface area contributed by atoms with Gasteiger partial charge in [0.05, 0.1) is 20.3 Å². The molecular formula is C23H38N3O4+. The van der Waals surface area contributed by atoms with E-state index < -0.39 is 0 Å². The molecule has 1 fully saturated rings. The predicted octanol–water partition coefficient (Wildman–Crippen LogP) is 2.12. The van der Waals surface area contributed by atoms with E-state index in [9.17, 15) is 9.59 Å². The van der Waals surface area contributed by atoms with Gasteiger partial charge in [0.2, 0.25) is 0 Å². The fourth-order valence-electron chi connectivity index (χ4n) is 3.90. The third-order valence-corrected chi connectivity index (χ3v) is 5.85. The quantitative estimate of drug-likeness (QED) is 0.608. The summed E-state index contributed by atoms with van der Waals surface area (Å²) < 4.78 is 11.2. The third kappa shape index (κ3) is 6.62. The number of anilines is 1. The fraction of sp³-hybridized carbons (Fsp3) is 0.652. The van der Waals surface area contributed by atoms with E-state index in [-0.39, 0.29) is 24.4 Å². The number of amides is 2. The average Bonchev–Trinajstić information content (AvgIpc) is 2.74. The summed E-state index contributed by atoms with van der Waals surface area (Å²) in [5.41, 5.74) is 0.651. The SMILES string of the molecule is CCOc1ccc(NC(=O)C[NH+](C)[C@@H](C)C(=O)N(C)C2CCCCC2)cc1OCC. The molecule has 2 amide bonds. The largest absolute Gasteiger partial charge is 0.490 e. The Morgan fingerprint density at radius 1 is 1.13 bits per heavy atom. The highest BCUT2D eigenvalue weighted by Crippen LogP contribution is 2.30. The van der Waals surface area contributed by atoms with E-state index in [0.717, 1.165) is 17.7 Å².